The minimum Gasteiger partial charge on any atom is -0.481 e. The van der Waals surface area contributed by atoms with Crippen molar-refractivity contribution in [2.45, 2.75) is 20.3 Å². The van der Waals surface area contributed by atoms with Crippen molar-refractivity contribution >= 4 is 5.69 Å². The Kier molecular flexibility index (Phi) is 2.86. The van der Waals surface area contributed by atoms with Gasteiger partial charge in [0, 0.05) is 11.3 Å². The first kappa shape index (κ1) is 9.53. The maximum atomic E-state index is 6.93. The highest BCUT2D eigenvalue weighted by atomic mass is 16.5. The Morgan fingerprint density at radius 2 is 2.31 bits per heavy atom. The summed E-state index contributed by atoms with van der Waals surface area (Å²) in [7, 11) is 1.60. The molecule has 3 heteroatoms. The van der Waals surface area contributed by atoms with Gasteiger partial charge in [-0.3, -0.25) is 0 Å². The molecule has 1 heterocycles. The molecule has 0 unspecified atom stereocenters. The van der Waals surface area contributed by atoms with Crippen molar-refractivity contribution in [1.29, 1.82) is 0 Å². The van der Waals surface area contributed by atoms with Gasteiger partial charge >= 0.3 is 0 Å². The van der Waals surface area contributed by atoms with Gasteiger partial charge in [0.2, 0.25) is 11.6 Å². The number of aromatic nitrogens is 1. The number of methoxy groups -OCH3 is 1. The van der Waals surface area contributed by atoms with Crippen LogP contribution in [0.25, 0.3) is 4.85 Å². The predicted molar refractivity (Wildman–Crippen MR) is 51.2 cm³/mol. The lowest BCUT2D eigenvalue weighted by molar-refractivity contribution is 0.392. The van der Waals surface area contributed by atoms with Gasteiger partial charge in [-0.25, -0.2) is 9.83 Å². The lowest BCUT2D eigenvalue weighted by atomic mass is 10.2. The Morgan fingerprint density at radius 3 is 2.77 bits per heavy atom. The number of ether oxygens (including phenoxy) is 1. The minimum atomic E-state index is 0.609. The second-order valence-electron chi connectivity index (χ2n) is 2.73. The number of hydrogen-bond acceptors (Lipinski definition) is 2. The number of hydrogen-bond donors (Lipinski definition) is 0. The number of pyridine rings is 1. The molecular formula is C10H12N2O. The van der Waals surface area contributed by atoms with E-state index in [1.54, 1.807) is 7.11 Å². The average molecular weight is 176 g/mol. The van der Waals surface area contributed by atoms with Crippen LogP contribution in [0.3, 0.4) is 0 Å². The van der Waals surface area contributed by atoms with Gasteiger partial charge in [-0.05, 0) is 19.4 Å². The SMILES string of the molecule is [C-]#[N+]c1cc(CC)c(OC)nc1C. The van der Waals surface area contributed by atoms with Crippen molar-refractivity contribution in [3.8, 4) is 5.88 Å². The molecule has 13 heavy (non-hydrogen) atoms. The zero-order valence-corrected chi connectivity index (χ0v) is 8.09. The maximum Gasteiger partial charge on any atom is 0.213 e. The molecule has 0 N–H and O–H groups in total. The Labute approximate surface area is 78.2 Å². The predicted octanol–water partition coefficient (Wildman–Crippen LogP) is 2.51. The van der Waals surface area contributed by atoms with Gasteiger partial charge in [-0.15, -0.1) is 0 Å². The molecule has 0 saturated heterocycles. The summed E-state index contributed by atoms with van der Waals surface area (Å²) in [6.45, 7) is 10.8. The molecule has 0 saturated carbocycles. The lowest BCUT2D eigenvalue weighted by Crippen LogP contribution is -1.95. The molecule has 0 aliphatic heterocycles. The Morgan fingerprint density at radius 1 is 1.62 bits per heavy atom. The van der Waals surface area contributed by atoms with E-state index in [9.17, 15) is 0 Å². The number of rotatable bonds is 2. The van der Waals surface area contributed by atoms with Gasteiger partial charge in [0.05, 0.1) is 13.7 Å². The minimum absolute atomic E-state index is 0.609. The quantitative estimate of drug-likeness (QED) is 0.647. The Bertz CT molecular complexity index is 353. The maximum absolute atomic E-state index is 6.93. The van der Waals surface area contributed by atoms with Gasteiger partial charge in [0.1, 0.15) is 0 Å². The summed E-state index contributed by atoms with van der Waals surface area (Å²) in [5, 5.41) is 0. The van der Waals surface area contributed by atoms with Crippen LogP contribution in [-0.4, -0.2) is 12.1 Å². The normalized spacial score (nSPS) is 9.38. The molecule has 0 aliphatic carbocycles. The highest BCUT2D eigenvalue weighted by Gasteiger charge is 2.07. The van der Waals surface area contributed by atoms with Crippen LogP contribution in [0.15, 0.2) is 6.07 Å². The Hall–Kier alpha value is -1.56. The summed E-state index contributed by atoms with van der Waals surface area (Å²) in [5.41, 5.74) is 2.32. The van der Waals surface area contributed by atoms with E-state index in [-0.39, 0.29) is 0 Å². The van der Waals surface area contributed by atoms with E-state index < -0.39 is 0 Å². The van der Waals surface area contributed by atoms with Gasteiger partial charge in [0.15, 0.2) is 0 Å². The van der Waals surface area contributed by atoms with Crippen LogP contribution in [0.4, 0.5) is 5.69 Å². The molecule has 0 bridgehead atoms. The van der Waals surface area contributed by atoms with E-state index >= 15 is 0 Å². The third kappa shape index (κ3) is 1.78. The van der Waals surface area contributed by atoms with E-state index in [0.29, 0.717) is 11.6 Å². The van der Waals surface area contributed by atoms with Gasteiger partial charge < -0.3 is 4.74 Å². The fourth-order valence-corrected chi connectivity index (χ4v) is 1.16. The molecule has 0 aliphatic rings. The number of aryl methyl sites for hydroxylation is 2. The van der Waals surface area contributed by atoms with Gasteiger partial charge in [-0.1, -0.05) is 6.92 Å². The topological polar surface area (TPSA) is 26.5 Å². The van der Waals surface area contributed by atoms with Crippen molar-refractivity contribution in [3.05, 3.63) is 28.7 Å². The van der Waals surface area contributed by atoms with Crippen molar-refractivity contribution in [2.24, 2.45) is 0 Å². The van der Waals surface area contributed by atoms with E-state index in [1.807, 2.05) is 19.9 Å². The molecule has 68 valence electrons. The molecular weight excluding hydrogens is 164 g/mol. The van der Waals surface area contributed by atoms with Crippen molar-refractivity contribution in [1.82, 2.24) is 4.98 Å². The highest BCUT2D eigenvalue weighted by molar-refractivity contribution is 5.53. The van der Waals surface area contributed by atoms with Crippen LogP contribution >= 0.6 is 0 Å². The molecule has 0 amide bonds. The largest absolute Gasteiger partial charge is 0.481 e. The first-order valence-corrected chi connectivity index (χ1v) is 4.14. The van der Waals surface area contributed by atoms with Crippen LogP contribution in [0.5, 0.6) is 5.88 Å². The second-order valence-corrected chi connectivity index (χ2v) is 2.73. The van der Waals surface area contributed by atoms with Crippen molar-refractivity contribution in [3.63, 3.8) is 0 Å². The van der Waals surface area contributed by atoms with Crippen LogP contribution in [0.1, 0.15) is 18.2 Å². The van der Waals surface area contributed by atoms with Crippen LogP contribution in [-0.2, 0) is 6.42 Å². The summed E-state index contributed by atoms with van der Waals surface area (Å²) in [6.07, 6.45) is 0.832. The van der Waals surface area contributed by atoms with E-state index in [4.69, 9.17) is 11.3 Å². The summed E-state index contributed by atoms with van der Waals surface area (Å²) >= 11 is 0. The summed E-state index contributed by atoms with van der Waals surface area (Å²) in [6, 6.07) is 1.84. The molecule has 3 nitrogen and oxygen atoms in total. The fourth-order valence-electron chi connectivity index (χ4n) is 1.16. The molecule has 0 spiro atoms. The summed E-state index contributed by atoms with van der Waals surface area (Å²) in [4.78, 5) is 7.58. The molecule has 1 aromatic rings. The molecule has 0 atom stereocenters. The first-order chi connectivity index (χ1) is 6.22. The molecule has 0 fully saturated rings. The number of nitrogens with zero attached hydrogens (tertiary/aromatic N) is 2. The Balaban J connectivity index is 3.28. The first-order valence-electron chi connectivity index (χ1n) is 4.14. The zero-order valence-electron chi connectivity index (χ0n) is 8.09. The summed E-state index contributed by atoms with van der Waals surface area (Å²) < 4.78 is 5.10. The fraction of sp³-hybridized carbons (Fsp3) is 0.400. The van der Waals surface area contributed by atoms with Crippen LogP contribution in [0.2, 0.25) is 0 Å². The zero-order chi connectivity index (χ0) is 9.84. The van der Waals surface area contributed by atoms with E-state index in [0.717, 1.165) is 17.7 Å². The summed E-state index contributed by atoms with van der Waals surface area (Å²) in [5.74, 6) is 0.632. The van der Waals surface area contributed by atoms with Gasteiger partial charge in [-0.2, -0.15) is 0 Å². The third-order valence-electron chi connectivity index (χ3n) is 1.92. The third-order valence-corrected chi connectivity index (χ3v) is 1.92. The van der Waals surface area contributed by atoms with Gasteiger partial charge in [0.25, 0.3) is 0 Å². The lowest BCUT2D eigenvalue weighted by Gasteiger charge is -2.07. The molecule has 1 rings (SSSR count). The highest BCUT2D eigenvalue weighted by Crippen LogP contribution is 2.25. The monoisotopic (exact) mass is 176 g/mol. The van der Waals surface area contributed by atoms with Crippen molar-refractivity contribution in [2.75, 3.05) is 7.11 Å². The van der Waals surface area contributed by atoms with Crippen molar-refractivity contribution < 1.29 is 4.74 Å². The smallest absolute Gasteiger partial charge is 0.213 e. The van der Waals surface area contributed by atoms with Crippen LogP contribution in [0, 0.1) is 13.5 Å². The average Bonchev–Trinajstić information content (AvgIpc) is 2.17. The standard InChI is InChI=1S/C10H12N2O/c1-5-8-6-9(11-3)7(2)12-10(8)13-4/h6H,5H2,1-2,4H3. The molecule has 0 radical (unpaired) electrons. The molecule has 0 aromatic carbocycles. The second kappa shape index (κ2) is 3.90. The van der Waals surface area contributed by atoms with E-state index in [1.165, 1.54) is 0 Å². The van der Waals surface area contributed by atoms with E-state index in [2.05, 4.69) is 9.83 Å². The van der Waals surface area contributed by atoms with Crippen LogP contribution < -0.4 is 4.74 Å². The molecule has 1 aromatic heterocycles.